The number of nitrogens with zero attached hydrogens (tertiary/aromatic N) is 3. The number of ether oxygens (including phenoxy) is 1. The van der Waals surface area contributed by atoms with Gasteiger partial charge in [0.1, 0.15) is 16.8 Å². The summed E-state index contributed by atoms with van der Waals surface area (Å²) in [5.41, 5.74) is 5.64. The van der Waals surface area contributed by atoms with Crippen LogP contribution in [0, 0.1) is 0 Å². The first-order valence-corrected chi connectivity index (χ1v) is 10.2. The van der Waals surface area contributed by atoms with Crippen LogP contribution < -0.4 is 10.5 Å². The predicted octanol–water partition coefficient (Wildman–Crippen LogP) is 1.78. The summed E-state index contributed by atoms with van der Waals surface area (Å²) in [7, 11) is -3.84. The highest BCUT2D eigenvalue weighted by molar-refractivity contribution is 7.89. The second kappa shape index (κ2) is 6.76. The zero-order valence-corrected chi connectivity index (χ0v) is 15.3. The Bertz CT molecular complexity index is 915. The average Bonchev–Trinajstić information content (AvgIpc) is 3.15. The highest BCUT2D eigenvalue weighted by Crippen LogP contribution is 2.39. The Morgan fingerprint density at radius 2 is 2.12 bits per heavy atom. The van der Waals surface area contributed by atoms with E-state index in [0.29, 0.717) is 24.7 Å². The van der Waals surface area contributed by atoms with Gasteiger partial charge in [0.25, 0.3) is 5.89 Å². The Morgan fingerprint density at radius 1 is 1.31 bits per heavy atom. The van der Waals surface area contributed by atoms with Gasteiger partial charge in [0.15, 0.2) is 5.82 Å². The lowest BCUT2D eigenvalue weighted by Gasteiger charge is -2.13. The number of halogens is 1. The van der Waals surface area contributed by atoms with Gasteiger partial charge < -0.3 is 15.0 Å². The van der Waals surface area contributed by atoms with Crippen LogP contribution in [0.4, 0.5) is 5.82 Å². The molecule has 11 heteroatoms. The van der Waals surface area contributed by atoms with Crippen molar-refractivity contribution >= 4 is 27.4 Å². The van der Waals surface area contributed by atoms with Crippen LogP contribution in [0.15, 0.2) is 21.7 Å². The summed E-state index contributed by atoms with van der Waals surface area (Å²) in [5.74, 6) is 1.50. The molecule has 3 N–H and O–H groups in total. The molecule has 1 saturated heterocycles. The Kier molecular flexibility index (Phi) is 4.59. The number of rotatable bonds is 6. The van der Waals surface area contributed by atoms with Crippen LogP contribution in [0.1, 0.15) is 49.4 Å². The van der Waals surface area contributed by atoms with Gasteiger partial charge in [-0.25, -0.2) is 18.1 Å². The first-order chi connectivity index (χ1) is 12.4. The van der Waals surface area contributed by atoms with Gasteiger partial charge in [-0.2, -0.15) is 4.98 Å². The van der Waals surface area contributed by atoms with E-state index in [1.165, 1.54) is 12.3 Å². The normalized spacial score (nSPS) is 23.4. The zero-order valence-electron chi connectivity index (χ0n) is 13.8. The monoisotopic (exact) mass is 399 g/mol. The van der Waals surface area contributed by atoms with E-state index in [9.17, 15) is 8.42 Å². The van der Waals surface area contributed by atoms with Crippen LogP contribution in [-0.2, 0) is 14.8 Å². The van der Waals surface area contributed by atoms with Crippen molar-refractivity contribution in [2.24, 2.45) is 0 Å². The lowest BCUT2D eigenvalue weighted by molar-refractivity contribution is 0.0290. The third kappa shape index (κ3) is 3.68. The van der Waals surface area contributed by atoms with Crippen molar-refractivity contribution in [2.75, 3.05) is 12.3 Å². The molecule has 1 aliphatic carbocycles. The number of hydrogen-bond donors (Lipinski definition) is 2. The summed E-state index contributed by atoms with van der Waals surface area (Å²) < 4.78 is 38.4. The Morgan fingerprint density at radius 3 is 2.88 bits per heavy atom. The minimum atomic E-state index is -3.84. The zero-order chi connectivity index (χ0) is 18.3. The van der Waals surface area contributed by atoms with Crippen molar-refractivity contribution < 1.29 is 17.7 Å². The third-order valence-corrected chi connectivity index (χ3v) is 6.08. The van der Waals surface area contributed by atoms with E-state index in [0.717, 1.165) is 18.7 Å². The minimum Gasteiger partial charge on any atom is -0.383 e. The number of nitrogens with one attached hydrogen (secondary N) is 1. The van der Waals surface area contributed by atoms with Crippen LogP contribution in [-0.4, -0.2) is 36.2 Å². The first-order valence-electron chi connectivity index (χ1n) is 8.32. The molecule has 4 rings (SSSR count). The van der Waals surface area contributed by atoms with Gasteiger partial charge >= 0.3 is 0 Å². The molecule has 2 aliphatic rings. The van der Waals surface area contributed by atoms with E-state index in [4.69, 9.17) is 26.6 Å². The number of anilines is 1. The largest absolute Gasteiger partial charge is 0.383 e. The number of pyridine rings is 1. The Balaban J connectivity index is 1.36. The molecule has 0 radical (unpaired) electrons. The molecule has 3 heterocycles. The number of hydrogen-bond acceptors (Lipinski definition) is 8. The summed E-state index contributed by atoms with van der Waals surface area (Å²) >= 11 is 5.81. The molecular weight excluding hydrogens is 382 g/mol. The van der Waals surface area contributed by atoms with Gasteiger partial charge in [-0.3, -0.25) is 0 Å². The fraction of sp³-hybridized carbons (Fsp3) is 0.533. The van der Waals surface area contributed by atoms with Gasteiger partial charge in [-0.1, -0.05) is 16.8 Å². The number of nitrogen functional groups attached to an aromatic ring is 1. The third-order valence-electron chi connectivity index (χ3n) is 4.42. The van der Waals surface area contributed by atoms with Gasteiger partial charge in [0, 0.05) is 18.7 Å². The maximum Gasteiger partial charge on any atom is 0.255 e. The molecule has 2 atom stereocenters. The molecule has 0 aromatic carbocycles. The van der Waals surface area contributed by atoms with Gasteiger partial charge in [0.05, 0.1) is 11.1 Å². The van der Waals surface area contributed by atoms with Crippen molar-refractivity contribution in [3.63, 3.8) is 0 Å². The lowest BCUT2D eigenvalue weighted by atomic mass is 10.2. The smallest absolute Gasteiger partial charge is 0.255 e. The second-order valence-electron chi connectivity index (χ2n) is 6.48. The van der Waals surface area contributed by atoms with E-state index >= 15 is 0 Å². The molecule has 0 amide bonds. The van der Waals surface area contributed by atoms with E-state index < -0.39 is 10.0 Å². The predicted molar refractivity (Wildman–Crippen MR) is 92.0 cm³/mol. The fourth-order valence-corrected chi connectivity index (χ4v) is 4.24. The summed E-state index contributed by atoms with van der Waals surface area (Å²) in [5, 5.41) is 4.17. The molecule has 1 aliphatic heterocycles. The van der Waals surface area contributed by atoms with E-state index in [1.807, 2.05) is 0 Å². The van der Waals surface area contributed by atoms with Gasteiger partial charge in [-0.05, 0) is 31.7 Å². The molecule has 26 heavy (non-hydrogen) atoms. The highest BCUT2D eigenvalue weighted by atomic mass is 35.5. The van der Waals surface area contributed by atoms with Crippen LogP contribution >= 0.6 is 11.6 Å². The number of nitrogens with two attached hydrogens (primary N) is 1. The average molecular weight is 400 g/mol. The highest BCUT2D eigenvalue weighted by Gasteiger charge is 2.34. The quantitative estimate of drug-likeness (QED) is 0.750. The molecule has 1 saturated carbocycles. The molecule has 0 spiro atoms. The molecule has 2 fully saturated rings. The molecule has 0 bridgehead atoms. The Labute approximate surface area is 155 Å². The SMILES string of the molecule is Nc1ncc(Cl)cc1S(=O)(=O)NC[C@H]1CC[C@@H](c2nc(C3CC3)no2)O1. The van der Waals surface area contributed by atoms with Crippen molar-refractivity contribution in [3.05, 3.63) is 29.0 Å². The standard InChI is InChI=1S/C15H18ClN5O4S/c16-9-5-12(13(17)18-6-9)26(22,23)19-7-10-3-4-11(24-10)15-20-14(21-25-15)8-1-2-8/h5-6,8,10-11,19H,1-4,7H2,(H2,17,18)/t10-,11+/m1/s1. The van der Waals surface area contributed by atoms with Crippen LogP contribution in [0.25, 0.3) is 0 Å². The topological polar surface area (TPSA) is 133 Å². The second-order valence-corrected chi connectivity index (χ2v) is 8.65. The molecule has 0 unspecified atom stereocenters. The summed E-state index contributed by atoms with van der Waals surface area (Å²) in [6.07, 6.45) is 4.26. The van der Waals surface area contributed by atoms with Crippen molar-refractivity contribution in [2.45, 2.75) is 48.7 Å². The molecular formula is C15H18ClN5O4S. The van der Waals surface area contributed by atoms with Crippen molar-refractivity contribution in [1.29, 1.82) is 0 Å². The number of sulfonamides is 1. The van der Waals surface area contributed by atoms with E-state index in [2.05, 4.69) is 19.8 Å². The van der Waals surface area contributed by atoms with Crippen molar-refractivity contribution in [3.8, 4) is 0 Å². The molecule has 9 nitrogen and oxygen atoms in total. The minimum absolute atomic E-state index is 0.106. The van der Waals surface area contributed by atoms with Crippen molar-refractivity contribution in [1.82, 2.24) is 19.8 Å². The first kappa shape index (κ1) is 17.7. The fourth-order valence-electron chi connectivity index (χ4n) is 2.85. The van der Waals surface area contributed by atoms with Crippen LogP contribution in [0.3, 0.4) is 0 Å². The summed E-state index contributed by atoms with van der Waals surface area (Å²) in [6.45, 7) is 0.106. The van der Waals surface area contributed by atoms with E-state index in [1.54, 1.807) is 0 Å². The van der Waals surface area contributed by atoms with Crippen LogP contribution in [0.2, 0.25) is 5.02 Å². The lowest BCUT2D eigenvalue weighted by Crippen LogP contribution is -2.32. The molecule has 2 aromatic rings. The number of aromatic nitrogens is 3. The Hall–Kier alpha value is -1.75. The van der Waals surface area contributed by atoms with E-state index in [-0.39, 0.29) is 34.5 Å². The van der Waals surface area contributed by atoms with Gasteiger partial charge in [0.2, 0.25) is 10.0 Å². The maximum atomic E-state index is 12.4. The maximum absolute atomic E-state index is 12.4. The van der Waals surface area contributed by atoms with Crippen LogP contribution in [0.5, 0.6) is 0 Å². The molecule has 2 aromatic heterocycles. The summed E-state index contributed by atoms with van der Waals surface area (Å²) in [4.78, 5) is 8.00. The van der Waals surface area contributed by atoms with Gasteiger partial charge in [-0.15, -0.1) is 0 Å². The molecule has 140 valence electrons. The summed E-state index contributed by atoms with van der Waals surface area (Å²) in [6, 6.07) is 1.27.